The molecule has 1 aromatic carbocycles. The first-order chi connectivity index (χ1) is 9.97. The van der Waals surface area contributed by atoms with Crippen molar-refractivity contribution in [1.82, 2.24) is 9.88 Å². The molecule has 0 atom stereocenters. The average Bonchev–Trinajstić information content (AvgIpc) is 2.66. The van der Waals surface area contributed by atoms with Crippen molar-refractivity contribution in [3.63, 3.8) is 0 Å². The van der Waals surface area contributed by atoms with Gasteiger partial charge in [-0.15, -0.1) is 0 Å². The molecule has 1 aliphatic heterocycles. The van der Waals surface area contributed by atoms with Crippen LogP contribution in [0.1, 0.15) is 26.4 Å². The number of halogens is 1. The number of hydrogen-bond donors (Lipinski definition) is 0. The number of carbonyl (C=O) groups excluding carboxylic acids is 2. The summed E-state index contributed by atoms with van der Waals surface area (Å²) in [5, 5.41) is 1.20. The Balaban J connectivity index is 2.08. The molecule has 0 saturated carbocycles. The fourth-order valence-electron chi connectivity index (χ4n) is 2.15. The first kappa shape index (κ1) is 14.1. The minimum atomic E-state index is -0.307. The van der Waals surface area contributed by atoms with Crippen molar-refractivity contribution in [1.29, 1.82) is 0 Å². The third-order valence-electron chi connectivity index (χ3n) is 3.20. The molecule has 106 valence electrons. The number of fused-ring (bicyclic) bond motifs is 1. The van der Waals surface area contributed by atoms with Crippen LogP contribution in [-0.2, 0) is 0 Å². The second-order valence-electron chi connectivity index (χ2n) is 4.72. The number of hydrogen-bond acceptors (Lipinski definition) is 4. The molecule has 1 aromatic heterocycles. The number of nitrogens with zero attached hydrogens (tertiary/aromatic N) is 2. The van der Waals surface area contributed by atoms with Gasteiger partial charge in [-0.2, -0.15) is 0 Å². The van der Waals surface area contributed by atoms with E-state index in [4.69, 9.17) is 11.6 Å². The molecule has 0 N–H and O–H groups in total. The van der Waals surface area contributed by atoms with Gasteiger partial charge in [0.2, 0.25) is 0 Å². The Hall–Kier alpha value is -1.85. The van der Waals surface area contributed by atoms with Crippen LogP contribution in [0.25, 0.3) is 0 Å². The third-order valence-corrected chi connectivity index (χ3v) is 4.44. The van der Waals surface area contributed by atoms with Gasteiger partial charge >= 0.3 is 0 Å². The van der Waals surface area contributed by atoms with Gasteiger partial charge in [-0.25, -0.2) is 4.98 Å². The third kappa shape index (κ3) is 2.43. The number of benzene rings is 1. The predicted molar refractivity (Wildman–Crippen MR) is 81.0 cm³/mol. The van der Waals surface area contributed by atoms with Crippen molar-refractivity contribution in [3.8, 4) is 0 Å². The number of amides is 2. The van der Waals surface area contributed by atoms with E-state index in [0.717, 1.165) is 9.80 Å². The number of imide groups is 1. The molecule has 0 saturated heterocycles. The molecule has 21 heavy (non-hydrogen) atoms. The first-order valence-electron chi connectivity index (χ1n) is 6.25. The summed E-state index contributed by atoms with van der Waals surface area (Å²) in [4.78, 5) is 30.7. The minimum absolute atomic E-state index is 0.279. The number of rotatable bonds is 2. The van der Waals surface area contributed by atoms with E-state index in [9.17, 15) is 9.59 Å². The molecule has 0 unspecified atom stereocenters. The van der Waals surface area contributed by atoms with Gasteiger partial charge in [0.05, 0.1) is 11.1 Å². The molecule has 0 aliphatic carbocycles. The van der Waals surface area contributed by atoms with Crippen LogP contribution in [0.5, 0.6) is 0 Å². The van der Waals surface area contributed by atoms with Crippen LogP contribution in [0.4, 0.5) is 0 Å². The maximum absolute atomic E-state index is 12.2. The molecule has 3 rings (SSSR count). The summed E-state index contributed by atoms with van der Waals surface area (Å²) in [6, 6.07) is 8.92. The van der Waals surface area contributed by atoms with Crippen molar-refractivity contribution >= 4 is 35.2 Å². The molecule has 0 spiro atoms. The van der Waals surface area contributed by atoms with E-state index in [1.54, 1.807) is 18.2 Å². The average molecular weight is 319 g/mol. The molecule has 2 heterocycles. The first-order valence-corrected chi connectivity index (χ1v) is 7.44. The van der Waals surface area contributed by atoms with Gasteiger partial charge in [0.1, 0.15) is 5.03 Å². The summed E-state index contributed by atoms with van der Waals surface area (Å²) in [5.41, 5.74) is 1.51. The topological polar surface area (TPSA) is 50.3 Å². The Kier molecular flexibility index (Phi) is 3.47. The summed E-state index contributed by atoms with van der Waals surface area (Å²) in [5.74, 6) is -0.586. The van der Waals surface area contributed by atoms with E-state index in [1.807, 2.05) is 19.1 Å². The molecule has 0 bridgehead atoms. The lowest BCUT2D eigenvalue weighted by molar-refractivity contribution is 0.0692. The summed E-state index contributed by atoms with van der Waals surface area (Å²) in [6.07, 6.45) is 0. The lowest BCUT2D eigenvalue weighted by atomic mass is 10.1. The molecular formula is C15H11ClN2O2S. The molecule has 2 amide bonds. The highest BCUT2D eigenvalue weighted by atomic mass is 35.5. The molecular weight excluding hydrogens is 308 g/mol. The molecule has 0 radical (unpaired) electrons. The molecule has 0 fully saturated rings. The van der Waals surface area contributed by atoms with Crippen LogP contribution in [0.15, 0.2) is 40.3 Å². The highest BCUT2D eigenvalue weighted by molar-refractivity contribution is 7.99. The summed E-state index contributed by atoms with van der Waals surface area (Å²) in [6.45, 7) is 1.81. The Bertz CT molecular complexity index is 759. The molecule has 4 nitrogen and oxygen atoms in total. The van der Waals surface area contributed by atoms with Gasteiger partial charge in [0.15, 0.2) is 0 Å². The lowest BCUT2D eigenvalue weighted by Crippen LogP contribution is -2.24. The Morgan fingerprint density at radius 2 is 1.81 bits per heavy atom. The van der Waals surface area contributed by atoms with Crippen molar-refractivity contribution in [2.24, 2.45) is 0 Å². The number of aryl methyl sites for hydroxylation is 1. The fourth-order valence-corrected chi connectivity index (χ4v) is 3.26. The predicted octanol–water partition coefficient (Wildman–Crippen LogP) is 3.42. The van der Waals surface area contributed by atoms with Gasteiger partial charge in [-0.05, 0) is 37.3 Å². The van der Waals surface area contributed by atoms with Crippen molar-refractivity contribution < 1.29 is 9.59 Å². The second kappa shape index (κ2) is 5.16. The van der Waals surface area contributed by atoms with E-state index in [1.165, 1.54) is 18.8 Å². The zero-order valence-electron chi connectivity index (χ0n) is 11.4. The molecule has 6 heteroatoms. The zero-order valence-corrected chi connectivity index (χ0v) is 13.0. The van der Waals surface area contributed by atoms with Gasteiger partial charge in [0, 0.05) is 22.7 Å². The highest BCUT2D eigenvalue weighted by Crippen LogP contribution is 2.35. The second-order valence-corrected chi connectivity index (χ2v) is 6.22. The summed E-state index contributed by atoms with van der Waals surface area (Å²) >= 11 is 7.22. The van der Waals surface area contributed by atoms with Crippen LogP contribution in [0, 0.1) is 6.92 Å². The van der Waals surface area contributed by atoms with Gasteiger partial charge < -0.3 is 0 Å². The SMILES string of the molecule is Cc1cc2c(c(Sc3ccc(Cl)cc3)n1)C(=O)N(C)C2=O. The molecule has 2 aromatic rings. The standard InChI is InChI=1S/C15H11ClN2O2S/c1-8-7-11-12(15(20)18(2)14(11)19)13(17-8)21-10-5-3-9(16)4-6-10/h3-7H,1-2H3. The molecule has 1 aliphatic rings. The van der Waals surface area contributed by atoms with Crippen LogP contribution in [0.2, 0.25) is 5.02 Å². The number of carbonyl (C=O) groups is 2. The summed E-state index contributed by atoms with van der Waals surface area (Å²) < 4.78 is 0. The van der Waals surface area contributed by atoms with Crippen LogP contribution in [0.3, 0.4) is 0 Å². The van der Waals surface area contributed by atoms with Crippen LogP contribution >= 0.6 is 23.4 Å². The van der Waals surface area contributed by atoms with Crippen LogP contribution in [-0.4, -0.2) is 28.7 Å². The number of aromatic nitrogens is 1. The lowest BCUT2D eigenvalue weighted by Gasteiger charge is -2.07. The van der Waals surface area contributed by atoms with Gasteiger partial charge in [-0.1, -0.05) is 23.4 Å². The van der Waals surface area contributed by atoms with E-state index in [2.05, 4.69) is 4.98 Å². The smallest absolute Gasteiger partial charge is 0.264 e. The van der Waals surface area contributed by atoms with E-state index < -0.39 is 0 Å². The van der Waals surface area contributed by atoms with E-state index >= 15 is 0 Å². The normalized spacial score (nSPS) is 13.8. The largest absolute Gasteiger partial charge is 0.277 e. The van der Waals surface area contributed by atoms with Crippen molar-refractivity contribution in [3.05, 3.63) is 52.2 Å². The zero-order chi connectivity index (χ0) is 15.1. The quantitative estimate of drug-likeness (QED) is 0.796. The number of pyridine rings is 1. The van der Waals surface area contributed by atoms with Gasteiger partial charge in [-0.3, -0.25) is 14.5 Å². The Morgan fingerprint density at radius 1 is 1.14 bits per heavy atom. The Morgan fingerprint density at radius 3 is 2.48 bits per heavy atom. The van der Waals surface area contributed by atoms with Crippen molar-refractivity contribution in [2.45, 2.75) is 16.8 Å². The highest BCUT2D eigenvalue weighted by Gasteiger charge is 2.36. The van der Waals surface area contributed by atoms with Gasteiger partial charge in [0.25, 0.3) is 11.8 Å². The maximum Gasteiger partial charge on any atom is 0.264 e. The fraction of sp³-hybridized carbons (Fsp3) is 0.133. The summed E-state index contributed by atoms with van der Waals surface area (Å²) in [7, 11) is 1.48. The van der Waals surface area contributed by atoms with Crippen molar-refractivity contribution in [2.75, 3.05) is 7.05 Å². The Labute approximate surface area is 131 Å². The van der Waals surface area contributed by atoms with Crippen LogP contribution < -0.4 is 0 Å². The minimum Gasteiger partial charge on any atom is -0.277 e. The monoisotopic (exact) mass is 318 g/mol. The van der Waals surface area contributed by atoms with E-state index in [0.29, 0.717) is 26.9 Å². The van der Waals surface area contributed by atoms with E-state index in [-0.39, 0.29) is 11.8 Å². The maximum atomic E-state index is 12.2.